The van der Waals surface area contributed by atoms with Crippen molar-refractivity contribution in [2.45, 2.75) is 11.8 Å². The van der Waals surface area contributed by atoms with Gasteiger partial charge in [0.1, 0.15) is 12.1 Å². The van der Waals surface area contributed by atoms with Crippen molar-refractivity contribution >= 4 is 38.4 Å². The lowest BCUT2D eigenvalue weighted by atomic mass is 10.2. The van der Waals surface area contributed by atoms with Gasteiger partial charge in [-0.25, -0.2) is 18.2 Å². The van der Waals surface area contributed by atoms with E-state index >= 15 is 0 Å². The fraction of sp³-hybridized carbons (Fsp3) is 0.0833. The number of aromatic nitrogens is 4. The fourth-order valence-corrected chi connectivity index (χ4v) is 4.51. The van der Waals surface area contributed by atoms with Gasteiger partial charge < -0.3 is 9.47 Å². The average Bonchev–Trinajstić information content (AvgIpc) is 3.36. The monoisotopic (exact) mass is 489 g/mol. The molecule has 0 aliphatic carbocycles. The third-order valence-electron chi connectivity index (χ3n) is 5.10. The van der Waals surface area contributed by atoms with Gasteiger partial charge in [0.25, 0.3) is 15.9 Å². The van der Waals surface area contributed by atoms with E-state index in [-0.39, 0.29) is 22.9 Å². The Morgan fingerprint density at radius 1 is 1.00 bits per heavy atom. The van der Waals surface area contributed by atoms with Gasteiger partial charge in [0.15, 0.2) is 0 Å². The largest absolute Gasteiger partial charge is 0.462 e. The molecule has 5 aromatic rings. The number of para-hydroxylation sites is 2. The van der Waals surface area contributed by atoms with Crippen molar-refractivity contribution in [3.8, 4) is 11.6 Å². The Balaban J connectivity index is 1.34. The Hall–Kier alpha value is -4.51. The molecule has 0 radical (unpaired) electrons. The van der Waals surface area contributed by atoms with E-state index in [4.69, 9.17) is 9.47 Å². The zero-order chi connectivity index (χ0) is 24.4. The third kappa shape index (κ3) is 4.49. The van der Waals surface area contributed by atoms with Crippen LogP contribution in [0.3, 0.4) is 0 Å². The summed E-state index contributed by atoms with van der Waals surface area (Å²) in [6.07, 6.45) is 1.59. The minimum atomic E-state index is -3.86. The molecule has 2 heterocycles. The van der Waals surface area contributed by atoms with E-state index in [0.717, 1.165) is 5.52 Å². The zero-order valence-electron chi connectivity index (χ0n) is 18.5. The van der Waals surface area contributed by atoms with Crippen LogP contribution in [0.5, 0.6) is 11.6 Å². The number of rotatable bonds is 7. The molecule has 0 spiro atoms. The van der Waals surface area contributed by atoms with Crippen LogP contribution >= 0.6 is 0 Å². The van der Waals surface area contributed by atoms with Crippen LogP contribution in [-0.4, -0.2) is 40.6 Å². The van der Waals surface area contributed by atoms with Crippen LogP contribution in [0.1, 0.15) is 17.3 Å². The summed E-state index contributed by atoms with van der Waals surface area (Å²) < 4.78 is 40.6. The molecule has 0 bridgehead atoms. The van der Waals surface area contributed by atoms with E-state index < -0.39 is 16.0 Å². The molecule has 0 aliphatic rings. The van der Waals surface area contributed by atoms with Crippen molar-refractivity contribution in [2.75, 3.05) is 11.3 Å². The first kappa shape index (κ1) is 22.3. The van der Waals surface area contributed by atoms with Crippen molar-refractivity contribution in [3.63, 3.8) is 0 Å². The lowest BCUT2D eigenvalue weighted by molar-refractivity contribution is 0.0526. The summed E-state index contributed by atoms with van der Waals surface area (Å²) in [6.45, 7) is 1.94. The number of ether oxygens (including phenoxy) is 2. The molecule has 0 saturated heterocycles. The molecule has 10 nitrogen and oxygen atoms in total. The quantitative estimate of drug-likeness (QED) is 0.340. The molecule has 0 fully saturated rings. The Morgan fingerprint density at radius 2 is 1.74 bits per heavy atom. The van der Waals surface area contributed by atoms with Crippen molar-refractivity contribution in [3.05, 3.63) is 84.7 Å². The molecule has 3 aromatic carbocycles. The summed E-state index contributed by atoms with van der Waals surface area (Å²) in [5, 5.41) is 8.05. The van der Waals surface area contributed by atoms with Gasteiger partial charge in [-0.05, 0) is 67.6 Å². The Morgan fingerprint density at radius 3 is 2.49 bits per heavy atom. The summed E-state index contributed by atoms with van der Waals surface area (Å²) in [5.74, 6) is 0.208. The molecular formula is C24H19N5O5S. The lowest BCUT2D eigenvalue weighted by Gasteiger charge is -2.11. The Kier molecular flexibility index (Phi) is 5.75. The first-order valence-electron chi connectivity index (χ1n) is 10.6. The second-order valence-electron chi connectivity index (χ2n) is 7.41. The highest BCUT2D eigenvalue weighted by Crippen LogP contribution is 2.28. The van der Waals surface area contributed by atoms with Gasteiger partial charge in [-0.1, -0.05) is 12.1 Å². The van der Waals surface area contributed by atoms with Crippen LogP contribution < -0.4 is 9.46 Å². The number of benzene rings is 3. The molecule has 2 aromatic heterocycles. The number of sulfonamides is 1. The number of hydrogen-bond acceptors (Lipinski definition) is 8. The summed E-state index contributed by atoms with van der Waals surface area (Å²) in [5.41, 5.74) is 2.63. The first-order valence-corrected chi connectivity index (χ1v) is 12.1. The van der Waals surface area contributed by atoms with Gasteiger partial charge >= 0.3 is 5.97 Å². The van der Waals surface area contributed by atoms with Crippen molar-refractivity contribution in [1.82, 2.24) is 19.6 Å². The standard InChI is InChI=1S/C24H19N5O5S/c1-2-33-24(30)16-7-13-19(14-8-16)35(31,32)28-17-9-11-18(12-10-17)34-23-22-27-25-15-29(22)21-6-4-3-5-20(21)26-23/h3-15,28H,2H2,1H3. The highest BCUT2D eigenvalue weighted by Gasteiger charge is 2.16. The highest BCUT2D eigenvalue weighted by molar-refractivity contribution is 7.92. The van der Waals surface area contributed by atoms with E-state index in [0.29, 0.717) is 22.6 Å². The fourth-order valence-electron chi connectivity index (χ4n) is 3.45. The third-order valence-corrected chi connectivity index (χ3v) is 6.50. The number of fused-ring (bicyclic) bond motifs is 3. The number of nitrogens with one attached hydrogen (secondary N) is 1. The summed E-state index contributed by atoms with van der Waals surface area (Å²) in [7, 11) is -3.86. The number of carbonyl (C=O) groups excluding carboxylic acids is 1. The molecule has 0 unspecified atom stereocenters. The van der Waals surface area contributed by atoms with Crippen molar-refractivity contribution < 1.29 is 22.7 Å². The van der Waals surface area contributed by atoms with Crippen LogP contribution in [0, 0.1) is 0 Å². The lowest BCUT2D eigenvalue weighted by Crippen LogP contribution is -2.13. The molecule has 1 N–H and O–H groups in total. The zero-order valence-corrected chi connectivity index (χ0v) is 19.3. The number of nitrogens with zero attached hydrogens (tertiary/aromatic N) is 4. The van der Waals surface area contributed by atoms with Gasteiger partial charge in [0.2, 0.25) is 5.65 Å². The Bertz CT molecular complexity index is 1630. The number of anilines is 1. The van der Waals surface area contributed by atoms with Crippen LogP contribution in [-0.2, 0) is 14.8 Å². The van der Waals surface area contributed by atoms with Gasteiger partial charge in [0, 0.05) is 5.69 Å². The second-order valence-corrected chi connectivity index (χ2v) is 9.09. The minimum Gasteiger partial charge on any atom is -0.462 e. The maximum Gasteiger partial charge on any atom is 0.338 e. The molecule has 0 saturated carbocycles. The van der Waals surface area contributed by atoms with E-state index in [1.807, 2.05) is 24.3 Å². The summed E-state index contributed by atoms with van der Waals surface area (Å²) >= 11 is 0. The SMILES string of the molecule is CCOC(=O)c1ccc(S(=O)(=O)Nc2ccc(Oc3nc4ccccc4n4cnnc34)cc2)cc1. The Labute approximate surface area is 200 Å². The molecule has 5 rings (SSSR count). The predicted molar refractivity (Wildman–Crippen MR) is 128 cm³/mol. The van der Waals surface area contributed by atoms with Crippen molar-refractivity contribution in [1.29, 1.82) is 0 Å². The first-order chi connectivity index (χ1) is 16.9. The molecule has 35 heavy (non-hydrogen) atoms. The van der Waals surface area contributed by atoms with Crippen LogP contribution in [0.4, 0.5) is 5.69 Å². The van der Waals surface area contributed by atoms with Crippen LogP contribution in [0.25, 0.3) is 16.7 Å². The van der Waals surface area contributed by atoms with Gasteiger partial charge in [-0.3, -0.25) is 9.12 Å². The maximum atomic E-state index is 12.7. The molecule has 0 aliphatic heterocycles. The van der Waals surface area contributed by atoms with Crippen LogP contribution in [0.2, 0.25) is 0 Å². The normalized spacial score (nSPS) is 11.5. The highest BCUT2D eigenvalue weighted by atomic mass is 32.2. The predicted octanol–water partition coefficient (Wildman–Crippen LogP) is 4.05. The minimum absolute atomic E-state index is 0.0143. The number of hydrogen-bond donors (Lipinski definition) is 1. The molecular weight excluding hydrogens is 470 g/mol. The summed E-state index contributed by atoms with van der Waals surface area (Å²) in [6, 6.07) is 19.4. The summed E-state index contributed by atoms with van der Waals surface area (Å²) in [4.78, 5) is 16.3. The molecule has 0 amide bonds. The smallest absolute Gasteiger partial charge is 0.338 e. The van der Waals surface area contributed by atoms with E-state index in [1.165, 1.54) is 24.3 Å². The number of carbonyl (C=O) groups is 1. The average molecular weight is 490 g/mol. The molecule has 11 heteroatoms. The number of esters is 1. The maximum absolute atomic E-state index is 12.7. The topological polar surface area (TPSA) is 125 Å². The molecule has 176 valence electrons. The van der Waals surface area contributed by atoms with Crippen molar-refractivity contribution in [2.24, 2.45) is 0 Å². The van der Waals surface area contributed by atoms with Crippen LogP contribution in [0.15, 0.2) is 84.0 Å². The van der Waals surface area contributed by atoms with E-state index in [1.54, 1.807) is 41.9 Å². The molecule has 0 atom stereocenters. The second kappa shape index (κ2) is 9.03. The van der Waals surface area contributed by atoms with Gasteiger partial charge in [0.05, 0.1) is 28.1 Å². The van der Waals surface area contributed by atoms with E-state index in [9.17, 15) is 13.2 Å². The van der Waals surface area contributed by atoms with E-state index in [2.05, 4.69) is 19.9 Å². The van der Waals surface area contributed by atoms with Gasteiger partial charge in [-0.2, -0.15) is 0 Å². The van der Waals surface area contributed by atoms with Gasteiger partial charge in [-0.15, -0.1) is 10.2 Å².